The first-order valence-electron chi connectivity index (χ1n) is 7.11. The van der Waals surface area contributed by atoms with E-state index in [2.05, 4.69) is 5.32 Å². The lowest BCUT2D eigenvalue weighted by atomic mass is 10.2. The van der Waals surface area contributed by atoms with Gasteiger partial charge in [0.1, 0.15) is 23.9 Å². The molecular formula is C16H19ClN2O3. The molecule has 6 heteroatoms. The third-order valence-electron chi connectivity index (χ3n) is 3.19. The highest BCUT2D eigenvalue weighted by Gasteiger charge is 2.14. The molecule has 118 valence electrons. The summed E-state index contributed by atoms with van der Waals surface area (Å²) < 4.78 is 11.0. The summed E-state index contributed by atoms with van der Waals surface area (Å²) in [6, 6.07) is 8.89. The van der Waals surface area contributed by atoms with Gasteiger partial charge in [0.15, 0.2) is 0 Å². The number of amides is 1. The van der Waals surface area contributed by atoms with E-state index in [1.807, 2.05) is 19.1 Å². The Bertz CT molecular complexity index is 627. The van der Waals surface area contributed by atoms with Crippen molar-refractivity contribution in [3.8, 4) is 5.75 Å². The van der Waals surface area contributed by atoms with Gasteiger partial charge in [0.2, 0.25) is 0 Å². The first-order valence-corrected chi connectivity index (χ1v) is 7.48. The number of hydrogen-bond donors (Lipinski definition) is 2. The van der Waals surface area contributed by atoms with Gasteiger partial charge < -0.3 is 20.2 Å². The molecule has 1 amide bonds. The minimum absolute atomic E-state index is 0.162. The molecule has 1 aromatic carbocycles. The van der Waals surface area contributed by atoms with Gasteiger partial charge >= 0.3 is 0 Å². The van der Waals surface area contributed by atoms with Crippen molar-refractivity contribution in [2.75, 3.05) is 6.54 Å². The van der Waals surface area contributed by atoms with E-state index < -0.39 is 0 Å². The minimum Gasteiger partial charge on any atom is -0.487 e. The van der Waals surface area contributed by atoms with E-state index >= 15 is 0 Å². The number of rotatable bonds is 7. The third kappa shape index (κ3) is 4.26. The standard InChI is InChI=1S/C16H19ClN2O3/c1-2-12(22-15-6-4-3-5-14(15)17)9-19-16(20)11-7-13(8-18)21-10-11/h3-7,10,12H,2,8-9,18H2,1H3,(H,19,20). The van der Waals surface area contributed by atoms with Gasteiger partial charge in [-0.2, -0.15) is 0 Å². The smallest absolute Gasteiger partial charge is 0.254 e. The Kier molecular flexibility index (Phi) is 5.86. The van der Waals surface area contributed by atoms with Crippen LogP contribution in [0.5, 0.6) is 5.75 Å². The summed E-state index contributed by atoms with van der Waals surface area (Å²) in [6.07, 6.45) is 1.97. The normalized spacial score (nSPS) is 12.0. The van der Waals surface area contributed by atoms with Crippen LogP contribution in [0.3, 0.4) is 0 Å². The maximum absolute atomic E-state index is 12.0. The Balaban J connectivity index is 1.90. The van der Waals surface area contributed by atoms with Crippen molar-refractivity contribution in [2.24, 2.45) is 5.73 Å². The number of nitrogens with two attached hydrogens (primary N) is 1. The van der Waals surface area contributed by atoms with Crippen LogP contribution in [0.1, 0.15) is 29.5 Å². The Morgan fingerprint density at radius 1 is 1.45 bits per heavy atom. The number of halogens is 1. The lowest BCUT2D eigenvalue weighted by Crippen LogP contribution is -2.34. The summed E-state index contributed by atoms with van der Waals surface area (Å²) >= 11 is 6.07. The van der Waals surface area contributed by atoms with Gasteiger partial charge in [-0.25, -0.2) is 0 Å². The van der Waals surface area contributed by atoms with E-state index in [0.717, 1.165) is 6.42 Å². The van der Waals surface area contributed by atoms with Gasteiger partial charge in [0.05, 0.1) is 23.7 Å². The molecule has 1 atom stereocenters. The number of benzene rings is 1. The topological polar surface area (TPSA) is 77.5 Å². The van der Waals surface area contributed by atoms with E-state index in [1.165, 1.54) is 6.26 Å². The number of ether oxygens (including phenoxy) is 1. The molecule has 1 heterocycles. The molecule has 0 saturated heterocycles. The number of furan rings is 1. The number of para-hydroxylation sites is 1. The molecule has 0 aliphatic heterocycles. The molecule has 3 N–H and O–H groups in total. The Morgan fingerprint density at radius 3 is 2.86 bits per heavy atom. The van der Waals surface area contributed by atoms with Crippen LogP contribution >= 0.6 is 11.6 Å². The summed E-state index contributed by atoms with van der Waals surface area (Å²) in [7, 11) is 0. The summed E-state index contributed by atoms with van der Waals surface area (Å²) in [5.74, 6) is 0.966. The molecule has 2 aromatic rings. The van der Waals surface area contributed by atoms with Crippen molar-refractivity contribution >= 4 is 17.5 Å². The number of nitrogens with one attached hydrogen (secondary N) is 1. The summed E-state index contributed by atoms with van der Waals surface area (Å²) in [4.78, 5) is 12.0. The Hall–Kier alpha value is -1.98. The summed E-state index contributed by atoms with van der Waals surface area (Å²) in [5, 5.41) is 3.37. The second kappa shape index (κ2) is 7.87. The Morgan fingerprint density at radius 2 is 2.23 bits per heavy atom. The first-order chi connectivity index (χ1) is 10.6. The minimum atomic E-state index is -0.218. The Labute approximate surface area is 134 Å². The SMILES string of the molecule is CCC(CNC(=O)c1coc(CN)c1)Oc1ccccc1Cl. The second-order valence-electron chi connectivity index (χ2n) is 4.79. The van der Waals surface area contributed by atoms with Crippen molar-refractivity contribution in [2.45, 2.75) is 26.0 Å². The van der Waals surface area contributed by atoms with Crippen LogP contribution in [0.15, 0.2) is 41.0 Å². The van der Waals surface area contributed by atoms with Crippen LogP contribution in [0.2, 0.25) is 5.02 Å². The average Bonchev–Trinajstić information content (AvgIpc) is 3.02. The maximum atomic E-state index is 12.0. The van der Waals surface area contributed by atoms with Crippen LogP contribution in [0.25, 0.3) is 0 Å². The van der Waals surface area contributed by atoms with E-state index in [4.69, 9.17) is 26.5 Å². The molecule has 22 heavy (non-hydrogen) atoms. The molecule has 0 spiro atoms. The first kappa shape index (κ1) is 16.4. The third-order valence-corrected chi connectivity index (χ3v) is 3.51. The molecule has 0 aliphatic rings. The fraction of sp³-hybridized carbons (Fsp3) is 0.312. The molecule has 5 nitrogen and oxygen atoms in total. The van der Waals surface area contributed by atoms with Crippen molar-refractivity contribution in [1.29, 1.82) is 0 Å². The molecule has 0 radical (unpaired) electrons. The number of carbonyl (C=O) groups excluding carboxylic acids is 1. The van der Waals surface area contributed by atoms with Crippen LogP contribution in [-0.4, -0.2) is 18.6 Å². The highest BCUT2D eigenvalue weighted by Crippen LogP contribution is 2.24. The number of carbonyl (C=O) groups is 1. The molecular weight excluding hydrogens is 304 g/mol. The lowest BCUT2D eigenvalue weighted by molar-refractivity contribution is 0.0925. The van der Waals surface area contributed by atoms with Gasteiger partial charge in [-0.3, -0.25) is 4.79 Å². The fourth-order valence-electron chi connectivity index (χ4n) is 1.90. The predicted molar refractivity (Wildman–Crippen MR) is 85.1 cm³/mol. The fourth-order valence-corrected chi connectivity index (χ4v) is 2.08. The zero-order valence-electron chi connectivity index (χ0n) is 12.3. The zero-order valence-corrected chi connectivity index (χ0v) is 13.1. The molecule has 1 unspecified atom stereocenters. The molecule has 2 rings (SSSR count). The van der Waals surface area contributed by atoms with Crippen molar-refractivity contribution in [1.82, 2.24) is 5.32 Å². The van der Waals surface area contributed by atoms with Crippen molar-refractivity contribution in [3.63, 3.8) is 0 Å². The highest BCUT2D eigenvalue weighted by molar-refractivity contribution is 6.32. The second-order valence-corrected chi connectivity index (χ2v) is 5.20. The largest absolute Gasteiger partial charge is 0.487 e. The molecule has 0 fully saturated rings. The zero-order chi connectivity index (χ0) is 15.9. The molecule has 0 bridgehead atoms. The van der Waals surface area contributed by atoms with Crippen LogP contribution < -0.4 is 15.8 Å². The monoisotopic (exact) mass is 322 g/mol. The van der Waals surface area contributed by atoms with E-state index in [0.29, 0.717) is 28.6 Å². The molecule has 0 aliphatic carbocycles. The summed E-state index contributed by atoms with van der Waals surface area (Å²) in [6.45, 7) is 2.63. The number of hydrogen-bond acceptors (Lipinski definition) is 4. The van der Waals surface area contributed by atoms with E-state index in [1.54, 1.807) is 18.2 Å². The molecule has 1 aromatic heterocycles. The quantitative estimate of drug-likeness (QED) is 0.821. The molecule has 0 saturated carbocycles. The van der Waals surface area contributed by atoms with Crippen LogP contribution in [-0.2, 0) is 6.54 Å². The van der Waals surface area contributed by atoms with E-state index in [9.17, 15) is 4.79 Å². The average molecular weight is 323 g/mol. The van der Waals surface area contributed by atoms with Gasteiger partial charge in [-0.1, -0.05) is 30.7 Å². The maximum Gasteiger partial charge on any atom is 0.254 e. The van der Waals surface area contributed by atoms with E-state index in [-0.39, 0.29) is 18.6 Å². The van der Waals surface area contributed by atoms with Crippen LogP contribution in [0.4, 0.5) is 0 Å². The van der Waals surface area contributed by atoms with Gasteiger partial charge in [-0.15, -0.1) is 0 Å². The van der Waals surface area contributed by atoms with Crippen molar-refractivity contribution < 1.29 is 13.9 Å². The summed E-state index contributed by atoms with van der Waals surface area (Å²) in [5.41, 5.74) is 5.90. The van der Waals surface area contributed by atoms with Gasteiger partial charge in [0, 0.05) is 0 Å². The lowest BCUT2D eigenvalue weighted by Gasteiger charge is -2.18. The highest BCUT2D eigenvalue weighted by atomic mass is 35.5. The van der Waals surface area contributed by atoms with Crippen LogP contribution in [0, 0.1) is 0 Å². The van der Waals surface area contributed by atoms with Crippen molar-refractivity contribution in [3.05, 3.63) is 52.9 Å². The van der Waals surface area contributed by atoms with Gasteiger partial charge in [0.25, 0.3) is 5.91 Å². The van der Waals surface area contributed by atoms with Gasteiger partial charge in [-0.05, 0) is 24.6 Å². The predicted octanol–water partition coefficient (Wildman–Crippen LogP) is 2.98.